The Kier molecular flexibility index (Phi) is 2.53. The highest BCUT2D eigenvalue weighted by Gasteiger charge is 2.48. The van der Waals surface area contributed by atoms with Crippen LogP contribution >= 0.6 is 0 Å². The quantitative estimate of drug-likeness (QED) is 0.596. The Bertz CT molecular complexity index is 468. The molecule has 5 nitrogen and oxygen atoms in total. The van der Waals surface area contributed by atoms with Gasteiger partial charge in [0.25, 0.3) is 0 Å². The number of carbonyl (C=O) groups excluding carboxylic acids is 1. The third kappa shape index (κ3) is 1.54. The van der Waals surface area contributed by atoms with Gasteiger partial charge < -0.3 is 10.1 Å². The van der Waals surface area contributed by atoms with Crippen molar-refractivity contribution < 1.29 is 10.0 Å². The highest BCUT2D eigenvalue weighted by atomic mass is 16.4. The molecule has 5 heteroatoms. The summed E-state index contributed by atoms with van der Waals surface area (Å²) in [6, 6.07) is 8.95. The smallest absolute Gasteiger partial charge is 0.330 e. The molecule has 1 aromatic rings. The van der Waals surface area contributed by atoms with Crippen LogP contribution in [0.15, 0.2) is 35.5 Å². The number of carbonyl (C=O) groups is 1. The molecule has 1 aliphatic rings. The molecule has 2 amide bonds. The van der Waals surface area contributed by atoms with Gasteiger partial charge in [0.1, 0.15) is 5.54 Å². The van der Waals surface area contributed by atoms with Crippen LogP contribution in [0.4, 0.5) is 10.5 Å². The number of urea groups is 1. The van der Waals surface area contributed by atoms with Gasteiger partial charge in [0.05, 0.1) is 5.69 Å². The van der Waals surface area contributed by atoms with Crippen molar-refractivity contribution in [2.45, 2.75) is 19.4 Å². The lowest BCUT2D eigenvalue weighted by molar-refractivity contribution is 0.205. The number of hydrogen-bond acceptors (Lipinski definition) is 3. The Hall–Kier alpha value is -2.04. The van der Waals surface area contributed by atoms with Crippen LogP contribution in [0.3, 0.4) is 0 Å². The van der Waals surface area contributed by atoms with Crippen LogP contribution in [0.2, 0.25) is 0 Å². The Labute approximate surface area is 99.9 Å². The summed E-state index contributed by atoms with van der Waals surface area (Å²) in [5.74, 6) is 0.330. The molecule has 17 heavy (non-hydrogen) atoms. The zero-order valence-corrected chi connectivity index (χ0v) is 10.1. The fourth-order valence-electron chi connectivity index (χ4n) is 1.88. The third-order valence-electron chi connectivity index (χ3n) is 3.18. The molecule has 1 saturated heterocycles. The number of likely N-dealkylation sites (N-methyl/N-ethyl adjacent to an activating group) is 1. The molecule has 0 saturated carbocycles. The number of para-hydroxylation sites is 1. The first-order valence-corrected chi connectivity index (χ1v) is 5.35. The molecule has 90 valence electrons. The second-order valence-corrected chi connectivity index (χ2v) is 4.50. The van der Waals surface area contributed by atoms with Crippen molar-refractivity contribution in [3.63, 3.8) is 0 Å². The van der Waals surface area contributed by atoms with Gasteiger partial charge >= 0.3 is 6.03 Å². The van der Waals surface area contributed by atoms with Gasteiger partial charge in [0.15, 0.2) is 5.84 Å². The highest BCUT2D eigenvalue weighted by molar-refractivity contribution is 6.24. The number of nitrogens with zero attached hydrogens (tertiary/aromatic N) is 3. The molecule has 0 spiro atoms. The Balaban J connectivity index is 2.52. The normalized spacial score (nSPS) is 21.4. The lowest BCUT2D eigenvalue weighted by atomic mass is 10.0. The van der Waals surface area contributed by atoms with Gasteiger partial charge in [-0.1, -0.05) is 23.4 Å². The van der Waals surface area contributed by atoms with E-state index in [1.165, 1.54) is 4.90 Å². The van der Waals surface area contributed by atoms with Crippen molar-refractivity contribution in [2.24, 2.45) is 5.16 Å². The first-order chi connectivity index (χ1) is 8.00. The average Bonchev–Trinajstić information content (AvgIpc) is 2.50. The van der Waals surface area contributed by atoms with Crippen molar-refractivity contribution in [1.29, 1.82) is 0 Å². The van der Waals surface area contributed by atoms with E-state index in [-0.39, 0.29) is 6.03 Å². The summed E-state index contributed by atoms with van der Waals surface area (Å²) in [4.78, 5) is 15.1. The number of amidine groups is 1. The van der Waals surface area contributed by atoms with Crippen molar-refractivity contribution in [1.82, 2.24) is 4.90 Å². The van der Waals surface area contributed by atoms with Crippen LogP contribution in [0.25, 0.3) is 0 Å². The molecule has 0 aliphatic carbocycles. The van der Waals surface area contributed by atoms with E-state index >= 15 is 0 Å². The van der Waals surface area contributed by atoms with Gasteiger partial charge in [0.2, 0.25) is 0 Å². The van der Waals surface area contributed by atoms with E-state index in [4.69, 9.17) is 5.21 Å². The van der Waals surface area contributed by atoms with Crippen molar-refractivity contribution in [3.05, 3.63) is 30.3 Å². The van der Waals surface area contributed by atoms with E-state index in [9.17, 15) is 4.79 Å². The van der Waals surface area contributed by atoms with E-state index in [2.05, 4.69) is 5.16 Å². The van der Waals surface area contributed by atoms with Crippen molar-refractivity contribution in [3.8, 4) is 0 Å². The number of oxime groups is 1. The molecular formula is C12H15N3O2. The molecule has 0 aromatic heterocycles. The van der Waals surface area contributed by atoms with E-state index in [0.29, 0.717) is 11.5 Å². The second-order valence-electron chi connectivity index (χ2n) is 4.50. The summed E-state index contributed by atoms with van der Waals surface area (Å²) in [7, 11) is 1.69. The Morgan fingerprint density at radius 3 is 2.35 bits per heavy atom. The number of hydrogen-bond donors (Lipinski definition) is 1. The second kappa shape index (κ2) is 3.76. The largest absolute Gasteiger partial charge is 0.409 e. The Morgan fingerprint density at radius 2 is 1.82 bits per heavy atom. The van der Waals surface area contributed by atoms with E-state index in [0.717, 1.165) is 0 Å². The SMILES string of the molecule is CN1C(=O)N(c2ccccc2)/C(=N\O)C1(C)C. The fourth-order valence-corrected chi connectivity index (χ4v) is 1.88. The lowest BCUT2D eigenvalue weighted by Crippen LogP contribution is -2.41. The number of amides is 2. The zero-order valence-electron chi connectivity index (χ0n) is 10.1. The van der Waals surface area contributed by atoms with Crippen LogP contribution in [0, 0.1) is 0 Å². The van der Waals surface area contributed by atoms with Crippen molar-refractivity contribution in [2.75, 3.05) is 11.9 Å². The molecule has 1 aliphatic heterocycles. The molecule has 1 heterocycles. The molecule has 0 radical (unpaired) electrons. The van der Waals surface area contributed by atoms with Gasteiger partial charge in [-0.05, 0) is 26.0 Å². The molecule has 0 bridgehead atoms. The monoisotopic (exact) mass is 233 g/mol. The Morgan fingerprint density at radius 1 is 1.24 bits per heavy atom. The van der Waals surface area contributed by atoms with Gasteiger partial charge in [0, 0.05) is 7.05 Å². The lowest BCUT2D eigenvalue weighted by Gasteiger charge is -2.24. The first kappa shape index (κ1) is 11.4. The summed E-state index contributed by atoms with van der Waals surface area (Å²) >= 11 is 0. The molecule has 1 aromatic carbocycles. The predicted molar refractivity (Wildman–Crippen MR) is 65.4 cm³/mol. The molecule has 0 atom stereocenters. The maximum atomic E-state index is 12.2. The number of rotatable bonds is 1. The maximum Gasteiger partial charge on any atom is 0.330 e. The predicted octanol–water partition coefficient (Wildman–Crippen LogP) is 2.12. The maximum absolute atomic E-state index is 12.2. The van der Waals surface area contributed by atoms with Gasteiger partial charge in [-0.15, -0.1) is 0 Å². The number of benzene rings is 1. The summed E-state index contributed by atoms with van der Waals surface area (Å²) in [6.07, 6.45) is 0. The minimum atomic E-state index is -0.623. The first-order valence-electron chi connectivity index (χ1n) is 5.35. The highest BCUT2D eigenvalue weighted by Crippen LogP contribution is 2.31. The van der Waals surface area contributed by atoms with E-state index < -0.39 is 5.54 Å². The number of anilines is 1. The van der Waals surface area contributed by atoms with E-state index in [1.807, 2.05) is 32.0 Å². The van der Waals surface area contributed by atoms with Gasteiger partial charge in [-0.2, -0.15) is 0 Å². The van der Waals surface area contributed by atoms with Gasteiger partial charge in [-0.25, -0.2) is 9.69 Å². The standard InChI is InChI=1S/C12H15N3O2/c1-12(2)10(13-17)15(11(16)14(12)3)9-7-5-4-6-8-9/h4-8,17H,1-3H3/b13-10-. The summed E-state index contributed by atoms with van der Waals surface area (Å²) < 4.78 is 0. The van der Waals surface area contributed by atoms with Crippen LogP contribution in [0.5, 0.6) is 0 Å². The van der Waals surface area contributed by atoms with E-state index in [1.54, 1.807) is 24.1 Å². The topological polar surface area (TPSA) is 56.1 Å². The molecule has 0 unspecified atom stereocenters. The zero-order chi connectivity index (χ0) is 12.6. The van der Waals surface area contributed by atoms with Crippen LogP contribution in [-0.2, 0) is 0 Å². The fraction of sp³-hybridized carbons (Fsp3) is 0.333. The van der Waals surface area contributed by atoms with Crippen molar-refractivity contribution >= 4 is 17.6 Å². The summed E-state index contributed by atoms with van der Waals surface area (Å²) in [5.41, 5.74) is 0.0736. The average molecular weight is 233 g/mol. The third-order valence-corrected chi connectivity index (χ3v) is 3.18. The van der Waals surface area contributed by atoms with Crippen LogP contribution < -0.4 is 4.90 Å². The van der Waals surface area contributed by atoms with Crippen LogP contribution in [-0.4, -0.2) is 34.6 Å². The molecule has 2 rings (SSSR count). The van der Waals surface area contributed by atoms with Crippen LogP contribution in [0.1, 0.15) is 13.8 Å². The minimum Gasteiger partial charge on any atom is -0.409 e. The molecular weight excluding hydrogens is 218 g/mol. The summed E-state index contributed by atoms with van der Waals surface area (Å²) in [5, 5.41) is 12.4. The molecule has 1 N–H and O–H groups in total. The summed E-state index contributed by atoms with van der Waals surface area (Å²) in [6.45, 7) is 3.67. The molecule has 1 fully saturated rings. The minimum absolute atomic E-state index is 0.200. The van der Waals surface area contributed by atoms with Gasteiger partial charge in [-0.3, -0.25) is 0 Å².